The van der Waals surface area contributed by atoms with E-state index >= 15 is 0 Å². The molecule has 0 spiro atoms. The first kappa shape index (κ1) is 11.5. The van der Waals surface area contributed by atoms with Crippen LogP contribution in [-0.4, -0.2) is 23.3 Å². The molecule has 4 heteroatoms. The van der Waals surface area contributed by atoms with Gasteiger partial charge in [-0.15, -0.1) is 0 Å². The van der Waals surface area contributed by atoms with Crippen LogP contribution in [0.5, 0.6) is 0 Å². The number of nitrogen functional groups attached to an aromatic ring is 1. The van der Waals surface area contributed by atoms with Gasteiger partial charge >= 0.3 is 0 Å². The van der Waals surface area contributed by atoms with Gasteiger partial charge in [0.1, 0.15) is 11.6 Å². The molecule has 0 fully saturated rings. The fraction of sp³-hybridized carbons (Fsp3) is 0.750. The van der Waals surface area contributed by atoms with E-state index in [9.17, 15) is 0 Å². The van der Waals surface area contributed by atoms with Crippen LogP contribution in [0.1, 0.15) is 50.0 Å². The Morgan fingerprint density at radius 1 is 1.62 bits per heavy atom. The van der Waals surface area contributed by atoms with E-state index < -0.39 is 0 Å². The van der Waals surface area contributed by atoms with E-state index in [1.54, 1.807) is 7.11 Å². The lowest BCUT2D eigenvalue weighted by Gasteiger charge is -2.20. The maximum absolute atomic E-state index is 6.16. The fourth-order valence-electron chi connectivity index (χ4n) is 2.49. The van der Waals surface area contributed by atoms with Crippen LogP contribution in [0.25, 0.3) is 0 Å². The summed E-state index contributed by atoms with van der Waals surface area (Å²) in [7, 11) is 1.71. The van der Waals surface area contributed by atoms with Gasteiger partial charge < -0.3 is 15.0 Å². The second-order valence-electron chi connectivity index (χ2n) is 4.79. The van der Waals surface area contributed by atoms with E-state index in [-0.39, 0.29) is 5.92 Å². The quantitative estimate of drug-likeness (QED) is 0.854. The van der Waals surface area contributed by atoms with Crippen molar-refractivity contribution < 1.29 is 4.74 Å². The van der Waals surface area contributed by atoms with Crippen molar-refractivity contribution in [3.8, 4) is 0 Å². The van der Waals surface area contributed by atoms with Gasteiger partial charge in [0.15, 0.2) is 0 Å². The van der Waals surface area contributed by atoms with Crippen LogP contribution < -0.4 is 5.73 Å². The van der Waals surface area contributed by atoms with Gasteiger partial charge in [-0.25, -0.2) is 4.98 Å². The molecule has 2 unspecified atom stereocenters. The van der Waals surface area contributed by atoms with Gasteiger partial charge in [-0.05, 0) is 12.8 Å². The standard InChI is InChI=1S/C12H21N3O/c1-8-5-4-6-15-11(13)10(14-12(8)15)9(2)7-16-3/h8-9H,4-7,13H2,1-3H3. The zero-order chi connectivity index (χ0) is 11.7. The number of anilines is 1. The van der Waals surface area contributed by atoms with E-state index in [0.29, 0.717) is 12.5 Å². The molecule has 2 heterocycles. The molecule has 1 aliphatic rings. The number of ether oxygens (including phenoxy) is 1. The third kappa shape index (κ3) is 1.82. The first-order valence-electron chi connectivity index (χ1n) is 5.99. The lowest BCUT2D eigenvalue weighted by molar-refractivity contribution is 0.183. The van der Waals surface area contributed by atoms with Crippen LogP contribution in [0, 0.1) is 0 Å². The van der Waals surface area contributed by atoms with Crippen molar-refractivity contribution in [3.05, 3.63) is 11.5 Å². The summed E-state index contributed by atoms with van der Waals surface area (Å²) in [5.41, 5.74) is 7.17. The molecule has 0 bridgehead atoms. The number of imidazole rings is 1. The van der Waals surface area contributed by atoms with E-state index in [4.69, 9.17) is 15.5 Å². The van der Waals surface area contributed by atoms with Gasteiger partial charge in [0, 0.05) is 25.5 Å². The van der Waals surface area contributed by atoms with Crippen molar-refractivity contribution in [1.82, 2.24) is 9.55 Å². The monoisotopic (exact) mass is 223 g/mol. The summed E-state index contributed by atoms with van der Waals surface area (Å²) in [5.74, 6) is 2.79. The minimum absolute atomic E-state index is 0.273. The van der Waals surface area contributed by atoms with Crippen molar-refractivity contribution in [2.24, 2.45) is 0 Å². The van der Waals surface area contributed by atoms with Crippen molar-refractivity contribution >= 4 is 5.82 Å². The second-order valence-corrected chi connectivity index (χ2v) is 4.79. The molecule has 16 heavy (non-hydrogen) atoms. The Bertz CT molecular complexity index is 373. The zero-order valence-corrected chi connectivity index (χ0v) is 10.4. The summed E-state index contributed by atoms with van der Waals surface area (Å²) in [6.07, 6.45) is 2.42. The number of nitrogens with zero attached hydrogens (tertiary/aromatic N) is 2. The Morgan fingerprint density at radius 2 is 2.38 bits per heavy atom. The number of nitrogens with two attached hydrogens (primary N) is 1. The van der Waals surface area contributed by atoms with E-state index in [1.807, 2.05) is 0 Å². The van der Waals surface area contributed by atoms with Crippen molar-refractivity contribution in [2.75, 3.05) is 19.5 Å². The highest BCUT2D eigenvalue weighted by Gasteiger charge is 2.25. The minimum Gasteiger partial charge on any atom is -0.384 e. The lowest BCUT2D eigenvalue weighted by Crippen LogP contribution is -2.15. The topological polar surface area (TPSA) is 53.1 Å². The lowest BCUT2D eigenvalue weighted by atomic mass is 10.0. The highest BCUT2D eigenvalue weighted by molar-refractivity contribution is 5.41. The Balaban J connectivity index is 2.34. The van der Waals surface area contributed by atoms with Gasteiger partial charge in [-0.3, -0.25) is 0 Å². The number of rotatable bonds is 3. The summed E-state index contributed by atoms with van der Waals surface area (Å²) in [5, 5.41) is 0. The number of aromatic nitrogens is 2. The molecule has 0 radical (unpaired) electrons. The highest BCUT2D eigenvalue weighted by atomic mass is 16.5. The Hall–Kier alpha value is -1.03. The molecule has 90 valence electrons. The molecular weight excluding hydrogens is 202 g/mol. The average molecular weight is 223 g/mol. The van der Waals surface area contributed by atoms with Crippen LogP contribution in [0.2, 0.25) is 0 Å². The van der Waals surface area contributed by atoms with Crippen molar-refractivity contribution in [1.29, 1.82) is 0 Å². The summed E-state index contributed by atoms with van der Waals surface area (Å²) in [4.78, 5) is 4.71. The third-order valence-electron chi connectivity index (χ3n) is 3.41. The normalized spacial score (nSPS) is 21.8. The number of methoxy groups -OCH3 is 1. The molecule has 2 N–H and O–H groups in total. The Labute approximate surface area is 96.8 Å². The number of hydrogen-bond donors (Lipinski definition) is 1. The highest BCUT2D eigenvalue weighted by Crippen LogP contribution is 2.32. The van der Waals surface area contributed by atoms with E-state index in [0.717, 1.165) is 23.9 Å². The first-order chi connectivity index (χ1) is 7.65. The Morgan fingerprint density at radius 3 is 3.00 bits per heavy atom. The van der Waals surface area contributed by atoms with Crippen LogP contribution in [0.15, 0.2) is 0 Å². The SMILES string of the molecule is COCC(C)c1nc2n(c1N)CCCC2C. The summed E-state index contributed by atoms with van der Waals surface area (Å²) in [6, 6.07) is 0. The van der Waals surface area contributed by atoms with Gasteiger partial charge in [-0.1, -0.05) is 13.8 Å². The number of hydrogen-bond acceptors (Lipinski definition) is 3. The maximum atomic E-state index is 6.16. The smallest absolute Gasteiger partial charge is 0.127 e. The summed E-state index contributed by atoms with van der Waals surface area (Å²) in [6.45, 7) is 6.02. The fourth-order valence-corrected chi connectivity index (χ4v) is 2.49. The predicted molar refractivity (Wildman–Crippen MR) is 64.6 cm³/mol. The van der Waals surface area contributed by atoms with Gasteiger partial charge in [0.25, 0.3) is 0 Å². The van der Waals surface area contributed by atoms with Gasteiger partial charge in [0.05, 0.1) is 12.3 Å². The van der Waals surface area contributed by atoms with Crippen LogP contribution in [-0.2, 0) is 11.3 Å². The summed E-state index contributed by atoms with van der Waals surface area (Å²) < 4.78 is 7.34. The molecule has 2 rings (SSSR count). The average Bonchev–Trinajstić information content (AvgIpc) is 2.59. The first-order valence-corrected chi connectivity index (χ1v) is 5.99. The van der Waals surface area contributed by atoms with Gasteiger partial charge in [-0.2, -0.15) is 0 Å². The largest absolute Gasteiger partial charge is 0.384 e. The molecule has 0 aromatic carbocycles. The number of fused-ring (bicyclic) bond motifs is 1. The predicted octanol–water partition coefficient (Wildman–Crippen LogP) is 2.11. The molecule has 1 aromatic rings. The molecule has 0 aliphatic carbocycles. The molecular formula is C12H21N3O. The van der Waals surface area contributed by atoms with Gasteiger partial charge in [0.2, 0.25) is 0 Å². The zero-order valence-electron chi connectivity index (χ0n) is 10.4. The third-order valence-corrected chi connectivity index (χ3v) is 3.41. The van der Waals surface area contributed by atoms with Crippen LogP contribution in [0.4, 0.5) is 5.82 Å². The van der Waals surface area contributed by atoms with Crippen molar-refractivity contribution in [3.63, 3.8) is 0 Å². The minimum atomic E-state index is 0.273. The van der Waals surface area contributed by atoms with Crippen LogP contribution in [0.3, 0.4) is 0 Å². The molecule has 4 nitrogen and oxygen atoms in total. The van der Waals surface area contributed by atoms with E-state index in [1.165, 1.54) is 12.8 Å². The van der Waals surface area contributed by atoms with Crippen LogP contribution >= 0.6 is 0 Å². The molecule has 0 saturated carbocycles. The second kappa shape index (κ2) is 4.45. The molecule has 2 atom stereocenters. The molecule has 1 aliphatic heterocycles. The molecule has 0 saturated heterocycles. The van der Waals surface area contributed by atoms with Crippen molar-refractivity contribution in [2.45, 2.75) is 45.1 Å². The molecule has 0 amide bonds. The van der Waals surface area contributed by atoms with E-state index in [2.05, 4.69) is 18.4 Å². The maximum Gasteiger partial charge on any atom is 0.127 e. The summed E-state index contributed by atoms with van der Waals surface area (Å²) >= 11 is 0. The Kier molecular flexibility index (Phi) is 3.19. The molecule has 1 aromatic heterocycles.